The van der Waals surface area contributed by atoms with Gasteiger partial charge in [0.1, 0.15) is 24.5 Å². The molecule has 0 spiro atoms. The molecule has 8 heteroatoms. The van der Waals surface area contributed by atoms with Crippen molar-refractivity contribution in [1.82, 2.24) is 0 Å². The van der Waals surface area contributed by atoms with Gasteiger partial charge in [0.05, 0.1) is 16.7 Å². The minimum atomic E-state index is -2.26. The molecule has 2 aromatic carbocycles. The molecule has 0 saturated heterocycles. The van der Waals surface area contributed by atoms with E-state index >= 15 is 0 Å². The van der Waals surface area contributed by atoms with E-state index < -0.39 is 41.3 Å². The predicted molar refractivity (Wildman–Crippen MR) is 66.4 cm³/mol. The van der Waals surface area contributed by atoms with Crippen LogP contribution in [0.3, 0.4) is 0 Å². The Bertz CT molecular complexity index is 839. The molecular weight excluding hydrogens is 319 g/mol. The lowest BCUT2D eigenvalue weighted by molar-refractivity contribution is 0.279. The minimum absolute atomic E-state index is 0.0519. The molecule has 116 valence electrons. The van der Waals surface area contributed by atoms with E-state index in [1.807, 2.05) is 0 Å². The average Bonchev–Trinajstić information content (AvgIpc) is 2.57. The summed E-state index contributed by atoms with van der Waals surface area (Å²) >= 11 is 0. The zero-order valence-electron chi connectivity index (χ0n) is 11.1. The van der Waals surface area contributed by atoms with E-state index in [4.69, 9.17) is 15.3 Å². The standard InChI is InChI=1S/C15H5F5N2O/c16-11-10(12(17)14(19)15(20)13(11)18)6-23-9-2-1-7(4-21)8(3-9)5-22/h1-3H,6H2. The van der Waals surface area contributed by atoms with E-state index in [1.165, 1.54) is 12.1 Å². The van der Waals surface area contributed by atoms with Gasteiger partial charge in [0, 0.05) is 0 Å². The maximum Gasteiger partial charge on any atom is 0.200 e. The second kappa shape index (κ2) is 6.32. The number of ether oxygens (including phenoxy) is 1. The van der Waals surface area contributed by atoms with Crippen molar-refractivity contribution >= 4 is 0 Å². The second-order valence-electron chi connectivity index (χ2n) is 4.27. The fraction of sp³-hybridized carbons (Fsp3) is 0.0667. The highest BCUT2D eigenvalue weighted by Crippen LogP contribution is 2.25. The summed E-state index contributed by atoms with van der Waals surface area (Å²) in [5.74, 6) is -10.4. The first-order chi connectivity index (χ1) is 10.9. The molecule has 0 unspecified atom stereocenters. The Kier molecular flexibility index (Phi) is 4.47. The molecule has 0 aliphatic heterocycles. The lowest BCUT2D eigenvalue weighted by atomic mass is 10.1. The van der Waals surface area contributed by atoms with Gasteiger partial charge in [-0.15, -0.1) is 0 Å². The topological polar surface area (TPSA) is 56.8 Å². The van der Waals surface area contributed by atoms with Gasteiger partial charge >= 0.3 is 0 Å². The molecule has 0 aliphatic carbocycles. The van der Waals surface area contributed by atoms with E-state index in [-0.39, 0.29) is 16.9 Å². The molecule has 0 N–H and O–H groups in total. The van der Waals surface area contributed by atoms with E-state index in [0.717, 1.165) is 6.07 Å². The van der Waals surface area contributed by atoms with Crippen LogP contribution < -0.4 is 4.74 Å². The summed E-state index contributed by atoms with van der Waals surface area (Å²) in [7, 11) is 0. The van der Waals surface area contributed by atoms with Crippen molar-refractivity contribution in [3.8, 4) is 17.9 Å². The van der Waals surface area contributed by atoms with Gasteiger partial charge in [-0.25, -0.2) is 22.0 Å². The summed E-state index contributed by atoms with van der Waals surface area (Å²) in [5, 5.41) is 17.6. The Balaban J connectivity index is 2.33. The smallest absolute Gasteiger partial charge is 0.200 e. The van der Waals surface area contributed by atoms with Gasteiger partial charge in [-0.1, -0.05) is 0 Å². The molecule has 0 bridgehead atoms. The van der Waals surface area contributed by atoms with Crippen molar-refractivity contribution in [3.63, 3.8) is 0 Å². The van der Waals surface area contributed by atoms with Crippen molar-refractivity contribution in [2.45, 2.75) is 6.61 Å². The molecule has 2 aromatic rings. The molecule has 0 atom stereocenters. The van der Waals surface area contributed by atoms with Crippen LogP contribution in [0.1, 0.15) is 16.7 Å². The third-order valence-electron chi connectivity index (χ3n) is 2.92. The van der Waals surface area contributed by atoms with Crippen molar-refractivity contribution < 1.29 is 26.7 Å². The van der Waals surface area contributed by atoms with Crippen molar-refractivity contribution in [2.24, 2.45) is 0 Å². The van der Waals surface area contributed by atoms with Crippen LogP contribution >= 0.6 is 0 Å². The molecule has 2 rings (SSSR count). The Labute approximate surface area is 126 Å². The summed E-state index contributed by atoms with van der Waals surface area (Å²) in [6.07, 6.45) is 0. The normalized spacial score (nSPS) is 10.0. The number of benzene rings is 2. The molecule has 0 aromatic heterocycles. The quantitative estimate of drug-likeness (QED) is 0.491. The summed E-state index contributed by atoms with van der Waals surface area (Å²) in [6, 6.07) is 7.03. The number of nitriles is 2. The first-order valence-electron chi connectivity index (χ1n) is 5.98. The maximum absolute atomic E-state index is 13.5. The van der Waals surface area contributed by atoms with E-state index in [1.54, 1.807) is 12.1 Å². The number of halogens is 5. The Morgan fingerprint density at radius 1 is 0.783 bits per heavy atom. The largest absolute Gasteiger partial charge is 0.489 e. The minimum Gasteiger partial charge on any atom is -0.489 e. The van der Waals surface area contributed by atoms with Crippen molar-refractivity contribution in [3.05, 3.63) is 64.0 Å². The number of hydrogen-bond donors (Lipinski definition) is 0. The number of rotatable bonds is 3. The van der Waals surface area contributed by atoms with Crippen LogP contribution in [0.2, 0.25) is 0 Å². The van der Waals surface area contributed by atoms with Crippen molar-refractivity contribution in [1.29, 1.82) is 10.5 Å². The zero-order valence-corrected chi connectivity index (χ0v) is 11.1. The van der Waals surface area contributed by atoms with Crippen LogP contribution in [-0.2, 0) is 6.61 Å². The Morgan fingerprint density at radius 2 is 1.30 bits per heavy atom. The molecule has 0 saturated carbocycles. The van der Waals surface area contributed by atoms with Crippen LogP contribution in [0, 0.1) is 51.7 Å². The molecule has 0 heterocycles. The fourth-order valence-electron chi connectivity index (χ4n) is 1.74. The fourth-order valence-corrected chi connectivity index (χ4v) is 1.74. The van der Waals surface area contributed by atoms with Crippen LogP contribution in [0.25, 0.3) is 0 Å². The van der Waals surface area contributed by atoms with E-state index in [9.17, 15) is 22.0 Å². The molecule has 3 nitrogen and oxygen atoms in total. The van der Waals surface area contributed by atoms with E-state index in [2.05, 4.69) is 0 Å². The maximum atomic E-state index is 13.5. The highest BCUT2D eigenvalue weighted by molar-refractivity contribution is 5.49. The molecular formula is C15H5F5N2O. The monoisotopic (exact) mass is 324 g/mol. The van der Waals surface area contributed by atoms with Gasteiger partial charge in [0.25, 0.3) is 0 Å². The molecule has 0 radical (unpaired) electrons. The third-order valence-corrected chi connectivity index (χ3v) is 2.92. The first-order valence-corrected chi connectivity index (χ1v) is 5.98. The number of nitrogens with zero attached hydrogens (tertiary/aromatic N) is 2. The predicted octanol–water partition coefficient (Wildman–Crippen LogP) is 3.70. The van der Waals surface area contributed by atoms with Crippen molar-refractivity contribution in [2.75, 3.05) is 0 Å². The second-order valence-corrected chi connectivity index (χ2v) is 4.27. The highest BCUT2D eigenvalue weighted by atomic mass is 19.2. The van der Waals surface area contributed by atoms with E-state index in [0.29, 0.717) is 0 Å². The van der Waals surface area contributed by atoms with Crippen LogP contribution in [0.4, 0.5) is 22.0 Å². The summed E-state index contributed by atoms with van der Waals surface area (Å²) < 4.78 is 70.9. The van der Waals surface area contributed by atoms with Gasteiger partial charge in [-0.3, -0.25) is 0 Å². The Morgan fingerprint density at radius 3 is 1.83 bits per heavy atom. The van der Waals surface area contributed by atoms with Gasteiger partial charge in [0.2, 0.25) is 5.82 Å². The van der Waals surface area contributed by atoms with Gasteiger partial charge in [-0.05, 0) is 18.2 Å². The SMILES string of the molecule is N#Cc1ccc(OCc2c(F)c(F)c(F)c(F)c2F)cc1C#N. The van der Waals surface area contributed by atoms with Crippen LogP contribution in [-0.4, -0.2) is 0 Å². The molecule has 23 heavy (non-hydrogen) atoms. The van der Waals surface area contributed by atoms with Gasteiger partial charge in [0.15, 0.2) is 23.3 Å². The summed E-state index contributed by atoms with van der Waals surface area (Å²) in [4.78, 5) is 0. The summed E-state index contributed by atoms with van der Waals surface area (Å²) in [5.41, 5.74) is -1.14. The number of hydrogen-bond acceptors (Lipinski definition) is 3. The average molecular weight is 324 g/mol. The first kappa shape index (κ1) is 16.2. The lowest BCUT2D eigenvalue weighted by Gasteiger charge is -2.10. The molecule has 0 aliphatic rings. The van der Waals surface area contributed by atoms with Gasteiger partial charge in [-0.2, -0.15) is 10.5 Å². The van der Waals surface area contributed by atoms with Crippen LogP contribution in [0.15, 0.2) is 18.2 Å². The summed E-state index contributed by atoms with van der Waals surface area (Å²) in [6.45, 7) is -0.942. The van der Waals surface area contributed by atoms with Crippen LogP contribution in [0.5, 0.6) is 5.75 Å². The lowest BCUT2D eigenvalue weighted by Crippen LogP contribution is -2.10. The third kappa shape index (κ3) is 2.92. The molecule has 0 fully saturated rings. The molecule has 0 amide bonds. The highest BCUT2D eigenvalue weighted by Gasteiger charge is 2.25. The van der Waals surface area contributed by atoms with Gasteiger partial charge < -0.3 is 4.74 Å². The zero-order chi connectivity index (χ0) is 17.1. The Hall–Kier alpha value is -3.13.